The van der Waals surface area contributed by atoms with Gasteiger partial charge in [0.15, 0.2) is 0 Å². The van der Waals surface area contributed by atoms with Gasteiger partial charge in [-0.25, -0.2) is 8.42 Å². The molecule has 28 heavy (non-hydrogen) atoms. The average molecular weight is 418 g/mol. The highest BCUT2D eigenvalue weighted by Crippen LogP contribution is 2.29. The number of benzene rings is 3. The van der Waals surface area contributed by atoms with E-state index in [2.05, 4.69) is 0 Å². The van der Waals surface area contributed by atoms with E-state index in [0.717, 1.165) is 5.56 Å². The molecule has 146 valence electrons. The fourth-order valence-corrected chi connectivity index (χ4v) is 4.35. The van der Waals surface area contributed by atoms with E-state index in [4.69, 9.17) is 21.1 Å². The summed E-state index contributed by atoms with van der Waals surface area (Å²) < 4.78 is 38.4. The normalized spacial score (nSPS) is 11.1. The van der Waals surface area contributed by atoms with Gasteiger partial charge in [0.25, 0.3) is 10.0 Å². The van der Waals surface area contributed by atoms with Gasteiger partial charge in [0.1, 0.15) is 11.5 Å². The molecule has 0 saturated heterocycles. The topological polar surface area (TPSA) is 55.8 Å². The summed E-state index contributed by atoms with van der Waals surface area (Å²) in [7, 11) is -0.704. The maximum absolute atomic E-state index is 13.4. The Kier molecular flexibility index (Phi) is 6.11. The van der Waals surface area contributed by atoms with Crippen molar-refractivity contribution in [1.82, 2.24) is 0 Å². The van der Waals surface area contributed by atoms with E-state index in [0.29, 0.717) is 22.2 Å². The second-order valence-corrected chi connectivity index (χ2v) is 8.31. The molecule has 0 aliphatic rings. The van der Waals surface area contributed by atoms with Crippen LogP contribution >= 0.6 is 11.6 Å². The van der Waals surface area contributed by atoms with Crippen LogP contribution in [0, 0.1) is 0 Å². The molecule has 0 radical (unpaired) electrons. The van der Waals surface area contributed by atoms with Crippen molar-refractivity contribution in [2.45, 2.75) is 11.4 Å². The summed E-state index contributed by atoms with van der Waals surface area (Å²) in [4.78, 5) is 0.168. The Balaban J connectivity index is 2.03. The van der Waals surface area contributed by atoms with Crippen LogP contribution < -0.4 is 13.8 Å². The lowest BCUT2D eigenvalue weighted by Crippen LogP contribution is -2.30. The average Bonchev–Trinajstić information content (AvgIpc) is 2.72. The molecule has 0 heterocycles. The molecular weight excluding hydrogens is 398 g/mol. The van der Waals surface area contributed by atoms with Gasteiger partial charge in [-0.3, -0.25) is 4.31 Å². The van der Waals surface area contributed by atoms with Crippen LogP contribution in [-0.4, -0.2) is 22.6 Å². The Hall–Kier alpha value is -2.70. The van der Waals surface area contributed by atoms with Crippen molar-refractivity contribution >= 4 is 27.3 Å². The van der Waals surface area contributed by atoms with E-state index in [1.54, 1.807) is 55.6 Å². The molecule has 3 aromatic carbocycles. The Labute approximate surface area is 170 Å². The summed E-state index contributed by atoms with van der Waals surface area (Å²) in [6.45, 7) is 0.151. The van der Waals surface area contributed by atoms with Gasteiger partial charge >= 0.3 is 0 Å². The number of hydrogen-bond acceptors (Lipinski definition) is 4. The van der Waals surface area contributed by atoms with Gasteiger partial charge in [-0.1, -0.05) is 29.8 Å². The van der Waals surface area contributed by atoms with Crippen LogP contribution in [0.15, 0.2) is 77.7 Å². The second kappa shape index (κ2) is 8.54. The molecule has 0 atom stereocenters. The van der Waals surface area contributed by atoms with Crippen LogP contribution in [0.1, 0.15) is 5.56 Å². The molecule has 0 unspecified atom stereocenters. The molecule has 0 aliphatic heterocycles. The first kappa shape index (κ1) is 20.0. The van der Waals surface area contributed by atoms with Crippen molar-refractivity contribution in [3.05, 3.63) is 83.4 Å². The monoisotopic (exact) mass is 417 g/mol. The zero-order valence-electron chi connectivity index (χ0n) is 15.5. The summed E-state index contributed by atoms with van der Waals surface area (Å²) in [5.74, 6) is 1.29. The summed E-state index contributed by atoms with van der Waals surface area (Å²) in [5, 5.41) is 0.460. The molecular formula is C21H20ClNO4S. The van der Waals surface area contributed by atoms with E-state index in [9.17, 15) is 8.42 Å². The zero-order chi connectivity index (χ0) is 20.1. The first-order chi connectivity index (χ1) is 13.4. The standard InChI is InChI=1S/C21H20ClNO4S/c1-26-19-8-6-16(7-9-19)15-23(18-5-3-4-17(22)14-18)28(24,25)21-12-10-20(27-2)11-13-21/h3-14H,15H2,1-2H3. The molecule has 0 saturated carbocycles. The predicted octanol–water partition coefficient (Wildman–Crippen LogP) is 4.75. The number of sulfonamides is 1. The highest BCUT2D eigenvalue weighted by molar-refractivity contribution is 7.92. The van der Waals surface area contributed by atoms with E-state index in [-0.39, 0.29) is 11.4 Å². The van der Waals surface area contributed by atoms with Gasteiger partial charge in [-0.15, -0.1) is 0 Å². The lowest BCUT2D eigenvalue weighted by atomic mass is 10.2. The summed E-state index contributed by atoms with van der Waals surface area (Å²) in [6.07, 6.45) is 0. The van der Waals surface area contributed by atoms with Crippen LogP contribution in [0.5, 0.6) is 11.5 Å². The number of nitrogens with zero attached hydrogens (tertiary/aromatic N) is 1. The van der Waals surface area contributed by atoms with Crippen LogP contribution in [0.3, 0.4) is 0 Å². The fourth-order valence-electron chi connectivity index (χ4n) is 2.72. The zero-order valence-corrected chi connectivity index (χ0v) is 17.1. The van der Waals surface area contributed by atoms with Crippen molar-refractivity contribution in [1.29, 1.82) is 0 Å². The van der Waals surface area contributed by atoms with Gasteiger partial charge in [-0.2, -0.15) is 0 Å². The second-order valence-electron chi connectivity index (χ2n) is 6.02. The minimum Gasteiger partial charge on any atom is -0.497 e. The number of hydrogen-bond donors (Lipinski definition) is 0. The number of anilines is 1. The van der Waals surface area contributed by atoms with Crippen molar-refractivity contribution in [2.24, 2.45) is 0 Å². The van der Waals surface area contributed by atoms with Gasteiger partial charge in [0.2, 0.25) is 0 Å². The highest BCUT2D eigenvalue weighted by atomic mass is 35.5. The molecule has 3 rings (SSSR count). The number of halogens is 1. The highest BCUT2D eigenvalue weighted by Gasteiger charge is 2.25. The largest absolute Gasteiger partial charge is 0.497 e. The minimum absolute atomic E-state index is 0.151. The third kappa shape index (κ3) is 4.40. The van der Waals surface area contributed by atoms with Crippen LogP contribution in [0.2, 0.25) is 5.02 Å². The molecule has 0 spiro atoms. The smallest absolute Gasteiger partial charge is 0.264 e. The van der Waals surface area contributed by atoms with E-state index in [1.807, 2.05) is 12.1 Å². The van der Waals surface area contributed by atoms with Crippen LogP contribution in [-0.2, 0) is 16.6 Å². The van der Waals surface area contributed by atoms with E-state index >= 15 is 0 Å². The summed E-state index contributed by atoms with van der Waals surface area (Å²) >= 11 is 6.11. The van der Waals surface area contributed by atoms with Crippen molar-refractivity contribution in [2.75, 3.05) is 18.5 Å². The maximum atomic E-state index is 13.4. The van der Waals surface area contributed by atoms with Crippen LogP contribution in [0.4, 0.5) is 5.69 Å². The Morgan fingerprint density at radius 3 is 1.96 bits per heavy atom. The molecule has 7 heteroatoms. The first-order valence-electron chi connectivity index (χ1n) is 8.49. The quantitative estimate of drug-likeness (QED) is 0.556. The molecule has 0 aromatic heterocycles. The van der Waals surface area contributed by atoms with Crippen molar-refractivity contribution < 1.29 is 17.9 Å². The molecule has 0 bridgehead atoms. The SMILES string of the molecule is COc1ccc(CN(c2cccc(Cl)c2)S(=O)(=O)c2ccc(OC)cc2)cc1. The van der Waals surface area contributed by atoms with Crippen molar-refractivity contribution in [3.63, 3.8) is 0 Å². The van der Waals surface area contributed by atoms with E-state index < -0.39 is 10.0 Å². The lowest BCUT2D eigenvalue weighted by Gasteiger charge is -2.25. The summed E-state index contributed by atoms with van der Waals surface area (Å²) in [6, 6.07) is 20.3. The minimum atomic E-state index is -3.82. The van der Waals surface area contributed by atoms with Crippen LogP contribution in [0.25, 0.3) is 0 Å². The maximum Gasteiger partial charge on any atom is 0.264 e. The summed E-state index contributed by atoms with van der Waals surface area (Å²) in [5.41, 5.74) is 1.30. The predicted molar refractivity (Wildman–Crippen MR) is 111 cm³/mol. The molecule has 0 N–H and O–H groups in total. The Morgan fingerprint density at radius 2 is 1.43 bits per heavy atom. The Bertz CT molecular complexity index is 1030. The van der Waals surface area contributed by atoms with E-state index in [1.165, 1.54) is 23.5 Å². The molecule has 0 amide bonds. The third-order valence-corrected chi connectivity index (χ3v) is 6.25. The van der Waals surface area contributed by atoms with Crippen molar-refractivity contribution in [3.8, 4) is 11.5 Å². The number of ether oxygens (including phenoxy) is 2. The molecule has 3 aromatic rings. The first-order valence-corrected chi connectivity index (χ1v) is 10.3. The van der Waals surface area contributed by atoms with Gasteiger partial charge in [0, 0.05) is 5.02 Å². The van der Waals surface area contributed by atoms with Gasteiger partial charge in [-0.05, 0) is 60.2 Å². The van der Waals surface area contributed by atoms with Gasteiger partial charge < -0.3 is 9.47 Å². The van der Waals surface area contributed by atoms with Gasteiger partial charge in [0.05, 0.1) is 31.3 Å². The molecule has 0 fully saturated rings. The molecule has 5 nitrogen and oxygen atoms in total. The molecule has 0 aliphatic carbocycles. The fraction of sp³-hybridized carbons (Fsp3) is 0.143. The lowest BCUT2D eigenvalue weighted by molar-refractivity contribution is 0.414. The number of rotatable bonds is 7. The Morgan fingerprint density at radius 1 is 0.857 bits per heavy atom. The third-order valence-electron chi connectivity index (χ3n) is 4.23. The number of methoxy groups -OCH3 is 2.